The molecule has 0 spiro atoms. The Labute approximate surface area is 127 Å². The van der Waals surface area contributed by atoms with E-state index < -0.39 is 6.10 Å². The molecule has 1 saturated carbocycles. The van der Waals surface area contributed by atoms with E-state index in [2.05, 4.69) is 12.2 Å². The number of aliphatic hydroxyl groups is 1. The molecule has 0 aromatic rings. The predicted molar refractivity (Wildman–Crippen MR) is 80.6 cm³/mol. The molecule has 2 aliphatic rings. The molecule has 0 aromatic carbocycles. The van der Waals surface area contributed by atoms with Gasteiger partial charge in [-0.2, -0.15) is 0 Å². The number of hydrogen-bond donors (Lipinski definition) is 2. The maximum Gasteiger partial charge on any atom is 0.225 e. The number of carbonyl (C=O) groups excluding carboxylic acids is 2. The highest BCUT2D eigenvalue weighted by atomic mass is 16.3. The minimum absolute atomic E-state index is 0.0690. The van der Waals surface area contributed by atoms with E-state index in [-0.39, 0.29) is 29.8 Å². The lowest BCUT2D eigenvalue weighted by Gasteiger charge is -2.29. The molecular formula is C16H28N2O3. The molecule has 21 heavy (non-hydrogen) atoms. The number of hydrogen-bond acceptors (Lipinski definition) is 3. The summed E-state index contributed by atoms with van der Waals surface area (Å²) in [5.41, 5.74) is 0. The Kier molecular flexibility index (Phi) is 5.62. The number of likely N-dealkylation sites (tertiary alicyclic amines) is 1. The number of carbonyl (C=O) groups is 2. The van der Waals surface area contributed by atoms with Crippen molar-refractivity contribution in [2.45, 2.75) is 77.0 Å². The van der Waals surface area contributed by atoms with Crippen LogP contribution in [0.2, 0.25) is 0 Å². The van der Waals surface area contributed by atoms with Crippen LogP contribution in [0.1, 0.15) is 58.8 Å². The summed E-state index contributed by atoms with van der Waals surface area (Å²) in [6.07, 6.45) is 5.55. The van der Waals surface area contributed by atoms with Gasteiger partial charge in [0.2, 0.25) is 11.8 Å². The van der Waals surface area contributed by atoms with E-state index in [9.17, 15) is 14.7 Å². The van der Waals surface area contributed by atoms with Gasteiger partial charge in [-0.05, 0) is 26.2 Å². The van der Waals surface area contributed by atoms with Crippen molar-refractivity contribution in [1.82, 2.24) is 10.2 Å². The van der Waals surface area contributed by atoms with Crippen LogP contribution < -0.4 is 5.32 Å². The molecule has 2 fully saturated rings. The Morgan fingerprint density at radius 1 is 1.43 bits per heavy atom. The largest absolute Gasteiger partial charge is 0.391 e. The zero-order valence-corrected chi connectivity index (χ0v) is 13.2. The zero-order valence-electron chi connectivity index (χ0n) is 13.2. The summed E-state index contributed by atoms with van der Waals surface area (Å²) in [7, 11) is 0. The van der Waals surface area contributed by atoms with Crippen molar-refractivity contribution in [3.05, 3.63) is 0 Å². The van der Waals surface area contributed by atoms with Gasteiger partial charge in [-0.1, -0.05) is 26.2 Å². The molecule has 2 N–H and O–H groups in total. The van der Waals surface area contributed by atoms with Crippen LogP contribution in [0.25, 0.3) is 0 Å². The minimum atomic E-state index is -0.435. The quantitative estimate of drug-likeness (QED) is 0.806. The van der Waals surface area contributed by atoms with E-state index in [0.717, 1.165) is 38.5 Å². The molecule has 2 rings (SSSR count). The molecule has 1 aliphatic heterocycles. The molecule has 120 valence electrons. The van der Waals surface area contributed by atoms with Crippen LogP contribution in [0, 0.1) is 5.92 Å². The van der Waals surface area contributed by atoms with Crippen LogP contribution in [0.4, 0.5) is 0 Å². The smallest absolute Gasteiger partial charge is 0.225 e. The Morgan fingerprint density at radius 3 is 2.81 bits per heavy atom. The first-order valence-electron chi connectivity index (χ1n) is 8.30. The highest BCUT2D eigenvalue weighted by molar-refractivity contribution is 5.89. The molecule has 5 nitrogen and oxygen atoms in total. The minimum Gasteiger partial charge on any atom is -0.391 e. The highest BCUT2D eigenvalue weighted by Crippen LogP contribution is 2.24. The molecule has 4 unspecified atom stereocenters. The molecule has 1 aliphatic carbocycles. The Bertz CT molecular complexity index is 386. The fourth-order valence-corrected chi connectivity index (χ4v) is 3.49. The monoisotopic (exact) mass is 296 g/mol. The fourth-order valence-electron chi connectivity index (χ4n) is 3.49. The van der Waals surface area contributed by atoms with Crippen LogP contribution in [0.5, 0.6) is 0 Å². The van der Waals surface area contributed by atoms with Crippen LogP contribution in [-0.2, 0) is 9.59 Å². The molecular weight excluding hydrogens is 268 g/mol. The van der Waals surface area contributed by atoms with E-state index in [4.69, 9.17) is 0 Å². The molecule has 0 aromatic heterocycles. The van der Waals surface area contributed by atoms with E-state index in [1.807, 2.05) is 11.8 Å². The van der Waals surface area contributed by atoms with Gasteiger partial charge in [0.15, 0.2) is 0 Å². The third kappa shape index (κ3) is 3.96. The summed E-state index contributed by atoms with van der Waals surface area (Å²) >= 11 is 0. The lowest BCUT2D eigenvalue weighted by Crippen LogP contribution is -2.47. The van der Waals surface area contributed by atoms with Crippen molar-refractivity contribution in [3.8, 4) is 0 Å². The standard InChI is InChI=1S/C16H28N2O3/c1-3-6-11(2)18-10-12(9-15(18)20)16(21)17-13-7-4-5-8-14(13)19/h11-14,19H,3-10H2,1-2H3,(H,17,21). The molecule has 0 bridgehead atoms. The highest BCUT2D eigenvalue weighted by Gasteiger charge is 2.37. The number of nitrogens with zero attached hydrogens (tertiary/aromatic N) is 1. The second-order valence-electron chi connectivity index (χ2n) is 6.55. The van der Waals surface area contributed by atoms with Crippen molar-refractivity contribution in [3.63, 3.8) is 0 Å². The van der Waals surface area contributed by atoms with Gasteiger partial charge in [0.05, 0.1) is 18.1 Å². The maximum absolute atomic E-state index is 12.3. The van der Waals surface area contributed by atoms with Gasteiger partial charge in [-0.15, -0.1) is 0 Å². The van der Waals surface area contributed by atoms with Gasteiger partial charge in [0.25, 0.3) is 0 Å². The van der Waals surface area contributed by atoms with Crippen molar-refractivity contribution in [1.29, 1.82) is 0 Å². The van der Waals surface area contributed by atoms with Crippen molar-refractivity contribution in [2.75, 3.05) is 6.54 Å². The number of aliphatic hydroxyl groups excluding tert-OH is 1. The van der Waals surface area contributed by atoms with E-state index in [1.54, 1.807) is 0 Å². The Hall–Kier alpha value is -1.10. The van der Waals surface area contributed by atoms with Crippen LogP contribution in [0.3, 0.4) is 0 Å². The first-order chi connectivity index (χ1) is 10.0. The van der Waals surface area contributed by atoms with Gasteiger partial charge >= 0.3 is 0 Å². The molecule has 1 heterocycles. The van der Waals surface area contributed by atoms with Gasteiger partial charge in [0, 0.05) is 19.0 Å². The fraction of sp³-hybridized carbons (Fsp3) is 0.875. The second-order valence-corrected chi connectivity index (χ2v) is 6.55. The van der Waals surface area contributed by atoms with Gasteiger partial charge in [0.1, 0.15) is 0 Å². The third-order valence-corrected chi connectivity index (χ3v) is 4.82. The molecule has 0 radical (unpaired) electrons. The predicted octanol–water partition coefficient (Wildman–Crippen LogP) is 1.44. The first kappa shape index (κ1) is 16.3. The first-order valence-corrected chi connectivity index (χ1v) is 8.30. The zero-order chi connectivity index (χ0) is 15.4. The Balaban J connectivity index is 1.87. The lowest BCUT2D eigenvalue weighted by atomic mass is 9.92. The summed E-state index contributed by atoms with van der Waals surface area (Å²) < 4.78 is 0. The van der Waals surface area contributed by atoms with Gasteiger partial charge in [-0.25, -0.2) is 0 Å². The summed E-state index contributed by atoms with van der Waals surface area (Å²) in [6.45, 7) is 4.67. The van der Waals surface area contributed by atoms with Crippen molar-refractivity contribution < 1.29 is 14.7 Å². The average molecular weight is 296 g/mol. The SMILES string of the molecule is CCCC(C)N1CC(C(=O)NC2CCCCC2O)CC1=O. The van der Waals surface area contributed by atoms with Gasteiger partial charge < -0.3 is 15.3 Å². The van der Waals surface area contributed by atoms with Crippen molar-refractivity contribution >= 4 is 11.8 Å². The summed E-state index contributed by atoms with van der Waals surface area (Å²) in [4.78, 5) is 26.2. The molecule has 2 amide bonds. The summed E-state index contributed by atoms with van der Waals surface area (Å²) in [6, 6.07) is 0.0732. The van der Waals surface area contributed by atoms with Gasteiger partial charge in [-0.3, -0.25) is 9.59 Å². The maximum atomic E-state index is 12.3. The molecule has 5 heteroatoms. The normalized spacial score (nSPS) is 31.3. The molecule has 4 atom stereocenters. The number of rotatable bonds is 5. The average Bonchev–Trinajstić information content (AvgIpc) is 2.84. The number of amides is 2. The third-order valence-electron chi connectivity index (χ3n) is 4.82. The number of nitrogens with one attached hydrogen (secondary N) is 1. The van der Waals surface area contributed by atoms with Crippen LogP contribution >= 0.6 is 0 Å². The Morgan fingerprint density at radius 2 is 2.14 bits per heavy atom. The lowest BCUT2D eigenvalue weighted by molar-refractivity contribution is -0.130. The molecule has 1 saturated heterocycles. The summed E-state index contributed by atoms with van der Waals surface area (Å²) in [5.74, 6) is -0.244. The van der Waals surface area contributed by atoms with Crippen LogP contribution in [0.15, 0.2) is 0 Å². The van der Waals surface area contributed by atoms with Crippen molar-refractivity contribution in [2.24, 2.45) is 5.92 Å². The van der Waals surface area contributed by atoms with Crippen LogP contribution in [-0.4, -0.2) is 46.6 Å². The van der Waals surface area contributed by atoms with E-state index >= 15 is 0 Å². The second kappa shape index (κ2) is 7.25. The van der Waals surface area contributed by atoms with E-state index in [1.165, 1.54) is 0 Å². The summed E-state index contributed by atoms with van der Waals surface area (Å²) in [5, 5.41) is 12.9. The van der Waals surface area contributed by atoms with E-state index in [0.29, 0.717) is 13.0 Å². The topological polar surface area (TPSA) is 69.6 Å².